The van der Waals surface area contributed by atoms with E-state index in [1.54, 1.807) is 12.1 Å². The van der Waals surface area contributed by atoms with E-state index in [1.165, 1.54) is 24.3 Å². The van der Waals surface area contributed by atoms with Gasteiger partial charge >= 0.3 is 0 Å². The Hall–Kier alpha value is -3.54. The lowest BCUT2D eigenvalue weighted by atomic mass is 9.88. The molecule has 6 heteroatoms. The van der Waals surface area contributed by atoms with Crippen LogP contribution in [0.25, 0.3) is 11.4 Å². The van der Waals surface area contributed by atoms with Crippen LogP contribution in [0.4, 0.5) is 0 Å². The van der Waals surface area contributed by atoms with Crippen molar-refractivity contribution in [3.63, 3.8) is 0 Å². The lowest BCUT2D eigenvalue weighted by Gasteiger charge is -2.21. The van der Waals surface area contributed by atoms with Crippen LogP contribution in [0.1, 0.15) is 65.7 Å². The third-order valence-corrected chi connectivity index (χ3v) is 5.34. The van der Waals surface area contributed by atoms with E-state index in [-0.39, 0.29) is 34.5 Å². The second-order valence-corrected chi connectivity index (χ2v) is 7.12. The van der Waals surface area contributed by atoms with Gasteiger partial charge in [0.1, 0.15) is 11.4 Å². The average Bonchev–Trinajstić information content (AvgIpc) is 2.69. The lowest BCUT2D eigenvalue weighted by molar-refractivity contribution is 0.0990. The Morgan fingerprint density at radius 3 is 1.36 bits per heavy atom. The van der Waals surface area contributed by atoms with E-state index >= 15 is 0 Å². The quantitative estimate of drug-likeness (QED) is 0.708. The molecule has 0 saturated heterocycles. The van der Waals surface area contributed by atoms with Crippen molar-refractivity contribution >= 4 is 23.1 Å². The first-order valence-electron chi connectivity index (χ1n) is 9.14. The molecule has 0 fully saturated rings. The van der Waals surface area contributed by atoms with Crippen LogP contribution in [0.2, 0.25) is 0 Å². The molecule has 3 aliphatic carbocycles. The van der Waals surface area contributed by atoms with Crippen LogP contribution in [-0.2, 0) is 12.8 Å². The van der Waals surface area contributed by atoms with Gasteiger partial charge in [0.25, 0.3) is 0 Å². The summed E-state index contributed by atoms with van der Waals surface area (Å²) < 4.78 is 0. The second kappa shape index (κ2) is 5.99. The third kappa shape index (κ3) is 2.41. The molecule has 0 aromatic carbocycles. The van der Waals surface area contributed by atoms with Crippen LogP contribution in [0.5, 0.6) is 0 Å². The van der Waals surface area contributed by atoms with Crippen molar-refractivity contribution < 1.29 is 19.2 Å². The number of fused-ring (bicyclic) bond motifs is 5. The molecule has 0 radical (unpaired) electrons. The molecule has 3 aliphatic rings. The summed E-state index contributed by atoms with van der Waals surface area (Å²) in [6.45, 7) is 0. The number of carbonyl (C=O) groups is 4. The Balaban J connectivity index is 1.79. The summed E-state index contributed by atoms with van der Waals surface area (Å²) in [5.74, 6) is -1.13. The first-order valence-corrected chi connectivity index (χ1v) is 9.14. The maximum Gasteiger partial charge on any atom is 0.205 e. The monoisotopic (exact) mass is 370 g/mol. The molecule has 0 amide bonds. The number of hydrogen-bond acceptors (Lipinski definition) is 6. The third-order valence-electron chi connectivity index (χ3n) is 5.34. The summed E-state index contributed by atoms with van der Waals surface area (Å²) in [7, 11) is 0. The van der Waals surface area contributed by atoms with Gasteiger partial charge in [0.05, 0.1) is 22.5 Å². The molecule has 2 aromatic rings. The Morgan fingerprint density at radius 1 is 0.536 bits per heavy atom. The maximum absolute atomic E-state index is 12.3. The van der Waals surface area contributed by atoms with Gasteiger partial charge in [-0.1, -0.05) is 0 Å². The molecule has 2 aromatic heterocycles. The van der Waals surface area contributed by atoms with Gasteiger partial charge < -0.3 is 0 Å². The molecule has 0 saturated carbocycles. The van der Waals surface area contributed by atoms with Crippen molar-refractivity contribution in [3.05, 3.63) is 70.1 Å². The zero-order valence-electron chi connectivity index (χ0n) is 14.8. The normalized spacial score (nSPS) is 17.4. The Labute approximate surface area is 160 Å². The van der Waals surface area contributed by atoms with E-state index in [2.05, 4.69) is 9.97 Å². The second-order valence-electron chi connectivity index (χ2n) is 7.12. The zero-order chi connectivity index (χ0) is 19.4. The summed E-state index contributed by atoms with van der Waals surface area (Å²) in [5.41, 5.74) is 3.52. The molecule has 28 heavy (non-hydrogen) atoms. The van der Waals surface area contributed by atoms with Crippen molar-refractivity contribution in [2.24, 2.45) is 0 Å². The Morgan fingerprint density at radius 2 is 0.929 bits per heavy atom. The predicted octanol–water partition coefficient (Wildman–Crippen LogP) is 2.89. The summed E-state index contributed by atoms with van der Waals surface area (Å²) >= 11 is 0. The highest BCUT2D eigenvalue weighted by Gasteiger charge is 2.28. The van der Waals surface area contributed by atoms with E-state index in [9.17, 15) is 19.2 Å². The van der Waals surface area contributed by atoms with Crippen LogP contribution < -0.4 is 0 Å². The van der Waals surface area contributed by atoms with Gasteiger partial charge in [0, 0.05) is 0 Å². The van der Waals surface area contributed by atoms with E-state index in [4.69, 9.17) is 0 Å². The minimum atomic E-state index is -0.326. The van der Waals surface area contributed by atoms with Crippen molar-refractivity contribution in [1.82, 2.24) is 9.97 Å². The first kappa shape index (κ1) is 16.6. The molecule has 0 bridgehead atoms. The Kier molecular flexibility index (Phi) is 3.55. The van der Waals surface area contributed by atoms with Crippen molar-refractivity contribution in [2.45, 2.75) is 25.7 Å². The van der Waals surface area contributed by atoms with Gasteiger partial charge in [0.15, 0.2) is 11.6 Å². The fourth-order valence-electron chi connectivity index (χ4n) is 3.92. The lowest BCUT2D eigenvalue weighted by Crippen LogP contribution is -2.19. The number of aromatic nitrogens is 2. The molecule has 0 unspecified atom stereocenters. The fraction of sp³-hybridized carbons (Fsp3) is 0.182. The summed E-state index contributed by atoms with van der Waals surface area (Å²) in [6.07, 6.45) is 8.14. The predicted molar refractivity (Wildman–Crippen MR) is 99.7 cm³/mol. The average molecular weight is 370 g/mol. The zero-order valence-corrected chi connectivity index (χ0v) is 14.8. The van der Waals surface area contributed by atoms with Crippen molar-refractivity contribution in [3.8, 4) is 11.4 Å². The van der Waals surface area contributed by atoms with Gasteiger partial charge in [-0.2, -0.15) is 0 Å². The number of hydrogen-bond donors (Lipinski definition) is 0. The summed E-state index contributed by atoms with van der Waals surface area (Å²) in [4.78, 5) is 58.0. The van der Waals surface area contributed by atoms with Gasteiger partial charge in [-0.3, -0.25) is 19.2 Å². The van der Waals surface area contributed by atoms with Crippen LogP contribution in [0.3, 0.4) is 0 Å². The molecule has 0 aliphatic heterocycles. The number of nitrogens with zero attached hydrogens (tertiary/aromatic N) is 2. The molecular formula is C22H14N2O4. The van der Waals surface area contributed by atoms with Gasteiger partial charge in [-0.05, 0) is 73.2 Å². The molecule has 0 spiro atoms. The minimum Gasteiger partial charge on any atom is -0.289 e. The minimum absolute atomic E-state index is 0.111. The number of carbonyl (C=O) groups excluding carboxylic acids is 4. The molecule has 0 N–H and O–H groups in total. The number of aryl methyl sites for hydroxylation is 2. The smallest absolute Gasteiger partial charge is 0.205 e. The molecule has 2 heterocycles. The van der Waals surface area contributed by atoms with Gasteiger partial charge in [-0.25, -0.2) is 9.97 Å². The summed E-state index contributed by atoms with van der Waals surface area (Å²) in [5, 5.41) is 0. The Bertz CT molecular complexity index is 1090. The topological polar surface area (TPSA) is 94.1 Å². The molecular weight excluding hydrogens is 356 g/mol. The van der Waals surface area contributed by atoms with Crippen molar-refractivity contribution in [2.75, 3.05) is 0 Å². The van der Waals surface area contributed by atoms with E-state index in [0.29, 0.717) is 35.4 Å². The highest BCUT2D eigenvalue weighted by molar-refractivity contribution is 6.22. The fourth-order valence-corrected chi connectivity index (χ4v) is 3.92. The number of pyridine rings is 2. The van der Waals surface area contributed by atoms with Crippen LogP contribution in [0.15, 0.2) is 36.4 Å². The highest BCUT2D eigenvalue weighted by Crippen LogP contribution is 2.33. The molecule has 136 valence electrons. The summed E-state index contributed by atoms with van der Waals surface area (Å²) in [6, 6.07) is 3.45. The van der Waals surface area contributed by atoms with E-state index in [1.807, 2.05) is 0 Å². The standard InChI is InChI=1S/C22H14N2O4/c25-15-5-7-17(27)21-13(15)9-11-3-1-2-4-12-10-14-16(26)6-8-18(28)22(14)24-20(12)19(11)23-21/h5-10H,1-4H2. The number of allylic oxidation sites excluding steroid dienone is 4. The van der Waals surface area contributed by atoms with Crippen LogP contribution in [0, 0.1) is 0 Å². The van der Waals surface area contributed by atoms with E-state index in [0.717, 1.165) is 24.0 Å². The SMILES string of the molecule is O=C1C=CC(=O)c2nc3c(cc21)CCCCc1cc2c(nc1-3)C(=O)C=CC2=O. The molecule has 6 nitrogen and oxygen atoms in total. The van der Waals surface area contributed by atoms with Crippen LogP contribution >= 0.6 is 0 Å². The van der Waals surface area contributed by atoms with E-state index < -0.39 is 0 Å². The van der Waals surface area contributed by atoms with Gasteiger partial charge in [-0.15, -0.1) is 0 Å². The van der Waals surface area contributed by atoms with Crippen molar-refractivity contribution in [1.29, 1.82) is 0 Å². The maximum atomic E-state index is 12.3. The molecule has 5 rings (SSSR count). The largest absolute Gasteiger partial charge is 0.289 e. The number of rotatable bonds is 0. The number of ketones is 4. The van der Waals surface area contributed by atoms with Crippen LogP contribution in [-0.4, -0.2) is 33.1 Å². The first-order chi connectivity index (χ1) is 13.5. The highest BCUT2D eigenvalue weighted by atomic mass is 16.1. The molecule has 0 atom stereocenters. The van der Waals surface area contributed by atoms with Gasteiger partial charge in [0.2, 0.25) is 11.6 Å².